The van der Waals surface area contributed by atoms with Crippen LogP contribution in [0.15, 0.2) is 74.1 Å². The average molecular weight is 720 g/mol. The molecule has 2 aromatic carbocycles. The van der Waals surface area contributed by atoms with Gasteiger partial charge in [0.25, 0.3) is 0 Å². The molecule has 0 bridgehead atoms. The molecule has 13 heteroatoms. The van der Waals surface area contributed by atoms with Crippen LogP contribution in [0.1, 0.15) is 55.9 Å². The summed E-state index contributed by atoms with van der Waals surface area (Å²) in [5, 5.41) is 63.3. The van der Waals surface area contributed by atoms with E-state index >= 15 is 0 Å². The molecule has 7 rings (SSSR count). The predicted molar refractivity (Wildman–Crippen MR) is 189 cm³/mol. The Morgan fingerprint density at radius 2 is 1.87 bits per heavy atom. The highest BCUT2D eigenvalue weighted by Gasteiger charge is 2.52. The van der Waals surface area contributed by atoms with Crippen molar-refractivity contribution >= 4 is 22.9 Å². The van der Waals surface area contributed by atoms with Gasteiger partial charge in [0.05, 0.1) is 12.0 Å². The molecule has 0 amide bonds. The van der Waals surface area contributed by atoms with Crippen LogP contribution in [-0.4, -0.2) is 92.2 Å². The zero-order valence-corrected chi connectivity index (χ0v) is 29.3. The van der Waals surface area contributed by atoms with Crippen molar-refractivity contribution in [3.63, 3.8) is 0 Å². The maximum Gasteiger partial charge on any atom is 0.222 e. The molecule has 1 saturated carbocycles. The largest absolute Gasteiger partial charge is 0.508 e. The number of rotatable bonds is 12. The molecule has 4 aliphatic rings. The van der Waals surface area contributed by atoms with Gasteiger partial charge < -0.3 is 39.8 Å². The van der Waals surface area contributed by atoms with Crippen LogP contribution in [0.5, 0.6) is 11.5 Å². The second kappa shape index (κ2) is 14.5. The molecule has 7 N–H and O–H groups in total. The van der Waals surface area contributed by atoms with E-state index in [0.29, 0.717) is 34.6 Å². The minimum absolute atomic E-state index is 0.00278. The van der Waals surface area contributed by atoms with Gasteiger partial charge in [0, 0.05) is 42.2 Å². The molecule has 52 heavy (non-hydrogen) atoms. The van der Waals surface area contributed by atoms with Crippen molar-refractivity contribution in [2.75, 3.05) is 19.8 Å². The number of hydrogen-bond acceptors (Lipinski definition) is 12. The van der Waals surface area contributed by atoms with Crippen molar-refractivity contribution in [3.8, 4) is 11.5 Å². The van der Waals surface area contributed by atoms with Crippen LogP contribution in [0.25, 0.3) is 11.0 Å². The third-order valence-corrected chi connectivity index (χ3v) is 11.2. The van der Waals surface area contributed by atoms with Crippen molar-refractivity contribution in [2.45, 2.75) is 94.4 Å². The number of nitrogens with one attached hydrogen (secondary N) is 1. The molecule has 1 aliphatic carbocycles. The quantitative estimate of drug-likeness (QED) is 0.107. The number of aliphatic hydroxyl groups excluding tert-OH is 4. The first-order valence-electron chi connectivity index (χ1n) is 17.9. The van der Waals surface area contributed by atoms with Crippen molar-refractivity contribution in [3.05, 3.63) is 87.1 Å². The summed E-state index contributed by atoms with van der Waals surface area (Å²) in [5.74, 6) is 1.17. The van der Waals surface area contributed by atoms with E-state index in [1.807, 2.05) is 19.2 Å². The molecule has 3 aliphatic heterocycles. The lowest BCUT2D eigenvalue weighted by Crippen LogP contribution is -3.01. The summed E-state index contributed by atoms with van der Waals surface area (Å²) in [4.78, 5) is 30.8. The average Bonchev–Trinajstić information content (AvgIpc) is 3.75. The normalized spacial score (nSPS) is 25.8. The second-order valence-electron chi connectivity index (χ2n) is 14.8. The summed E-state index contributed by atoms with van der Waals surface area (Å²) >= 11 is 0. The first kappa shape index (κ1) is 36.4. The van der Waals surface area contributed by atoms with Gasteiger partial charge >= 0.3 is 0 Å². The van der Waals surface area contributed by atoms with Crippen LogP contribution in [0.4, 0.5) is 5.69 Å². The van der Waals surface area contributed by atoms with Crippen LogP contribution in [0, 0.1) is 12.8 Å². The van der Waals surface area contributed by atoms with Gasteiger partial charge in [-0.3, -0.25) is 14.7 Å². The maximum absolute atomic E-state index is 13.4. The number of benzene rings is 2. The van der Waals surface area contributed by atoms with Gasteiger partial charge in [-0.2, -0.15) is 0 Å². The monoisotopic (exact) mass is 719 g/mol. The molecule has 13 nitrogen and oxygen atoms in total. The number of phenolic OH excluding ortho intramolecular Hbond substituents is 1. The van der Waals surface area contributed by atoms with Crippen molar-refractivity contribution in [2.24, 2.45) is 10.9 Å². The Hall–Kier alpha value is -3.92. The minimum Gasteiger partial charge on any atom is -0.508 e. The highest BCUT2D eigenvalue weighted by Crippen LogP contribution is 2.48. The Kier molecular flexibility index (Phi) is 10.1. The Bertz CT molecular complexity index is 1950. The van der Waals surface area contributed by atoms with Crippen LogP contribution >= 0.6 is 0 Å². The summed E-state index contributed by atoms with van der Waals surface area (Å²) in [6.07, 6.45) is 4.38. The van der Waals surface area contributed by atoms with E-state index in [4.69, 9.17) is 18.9 Å². The first-order chi connectivity index (χ1) is 24.9. The van der Waals surface area contributed by atoms with E-state index in [0.717, 1.165) is 59.5 Å². The van der Waals surface area contributed by atoms with Crippen LogP contribution in [0.3, 0.4) is 0 Å². The lowest BCUT2D eigenvalue weighted by atomic mass is 9.72. The van der Waals surface area contributed by atoms with Crippen molar-refractivity contribution in [1.82, 2.24) is 0 Å². The Morgan fingerprint density at radius 3 is 2.58 bits per heavy atom. The molecule has 0 saturated heterocycles. The zero-order chi connectivity index (χ0) is 36.8. The molecule has 278 valence electrons. The van der Waals surface area contributed by atoms with E-state index in [9.17, 15) is 35.4 Å². The molecular formula is C39H47N2O11+. The number of aliphatic imine (C=N–C) groups is 1. The summed E-state index contributed by atoms with van der Waals surface area (Å²) in [5.41, 5.74) is 1.02. The van der Waals surface area contributed by atoms with Gasteiger partial charge in [-0.15, -0.1) is 0 Å². The molecule has 0 radical (unpaired) electrons. The summed E-state index contributed by atoms with van der Waals surface area (Å²) in [6, 6.07) is 9.18. The van der Waals surface area contributed by atoms with E-state index in [2.05, 4.69) is 4.99 Å². The predicted octanol–water partition coefficient (Wildman–Crippen LogP) is 1.83. The van der Waals surface area contributed by atoms with Crippen LogP contribution in [-0.2, 0) is 22.6 Å². The van der Waals surface area contributed by atoms with Gasteiger partial charge in [0.2, 0.25) is 11.3 Å². The SMILES string of the molecule is Cc1cc(=O)c2cc3c(c([NH+]4C=C5N=CC=C5C4)c2o1)O[C@](C)(C1CCCCC1)[C@H](OOC[C@@](O)(Cc1ccc(O)cc1)[C@@H](O)[C@H](O)[C@H](O)CO)C3. The molecule has 0 spiro atoms. The molecule has 7 atom stereocenters. The highest BCUT2D eigenvalue weighted by atomic mass is 17.2. The summed E-state index contributed by atoms with van der Waals surface area (Å²) in [7, 11) is 0. The fraction of sp³-hybridized carbons (Fsp3) is 0.487. The molecule has 1 fully saturated rings. The summed E-state index contributed by atoms with van der Waals surface area (Å²) in [6.45, 7) is 2.86. The van der Waals surface area contributed by atoms with Crippen molar-refractivity contribution < 1.29 is 54.5 Å². The van der Waals surface area contributed by atoms with Gasteiger partial charge in [0.1, 0.15) is 72.2 Å². The van der Waals surface area contributed by atoms with E-state index < -0.39 is 48.8 Å². The number of fused-ring (bicyclic) bond motifs is 3. The van der Waals surface area contributed by atoms with Gasteiger partial charge in [0.15, 0.2) is 11.2 Å². The van der Waals surface area contributed by atoms with Gasteiger partial charge in [-0.25, -0.2) is 9.78 Å². The fourth-order valence-electron chi connectivity index (χ4n) is 8.14. The van der Waals surface area contributed by atoms with Crippen LogP contribution in [0.2, 0.25) is 0 Å². The van der Waals surface area contributed by atoms with E-state index in [-0.39, 0.29) is 29.9 Å². The number of aromatic hydroxyl groups is 1. The number of aryl methyl sites for hydroxylation is 1. The zero-order valence-electron chi connectivity index (χ0n) is 29.3. The van der Waals surface area contributed by atoms with Crippen LogP contribution < -0.4 is 15.1 Å². The number of allylic oxidation sites excluding steroid dienone is 1. The number of quaternary nitrogens is 1. The molecule has 1 unspecified atom stereocenters. The van der Waals surface area contributed by atoms with Crippen molar-refractivity contribution in [1.29, 1.82) is 0 Å². The smallest absolute Gasteiger partial charge is 0.222 e. The molecule has 4 heterocycles. The Morgan fingerprint density at radius 1 is 1.12 bits per heavy atom. The lowest BCUT2D eigenvalue weighted by Gasteiger charge is -2.47. The fourth-order valence-corrected chi connectivity index (χ4v) is 8.14. The minimum atomic E-state index is -2.21. The number of ether oxygens (including phenoxy) is 1. The number of aliphatic hydroxyl groups is 5. The second-order valence-corrected chi connectivity index (χ2v) is 14.8. The molecular weight excluding hydrogens is 672 g/mol. The lowest BCUT2D eigenvalue weighted by molar-refractivity contribution is -0.763. The topological polar surface area (TPSA) is 196 Å². The maximum atomic E-state index is 13.4. The standard InChI is InChI=1S/C39H46N2O11/c1-22-14-30(44)28-15-25-16-32(52-49-21-39(48,37(47)34(46)31(45)20-42)17-23-8-10-27(43)11-9-23)38(2,26-6-4-3-5-7-26)51-35(25)33(36(28)50-22)41-18-24-12-13-40-29(24)19-41/h8-15,19,26,31-32,34,37,42-43,45-48H,3-7,16-18,20-21H2,1-2H3/p+1/t31-,32-,34-,37+,38-,39+/m1/s1. The van der Waals surface area contributed by atoms with E-state index in [1.54, 1.807) is 31.3 Å². The Labute approximate surface area is 300 Å². The third kappa shape index (κ3) is 6.83. The third-order valence-electron chi connectivity index (χ3n) is 11.2. The number of phenols is 1. The highest BCUT2D eigenvalue weighted by molar-refractivity contribution is 5.90. The summed E-state index contributed by atoms with van der Waals surface area (Å²) < 4.78 is 13.4. The number of hydrogen-bond donors (Lipinski definition) is 7. The molecule has 3 aromatic rings. The van der Waals surface area contributed by atoms with Gasteiger partial charge in [-0.1, -0.05) is 31.4 Å². The number of nitrogens with zero attached hydrogens (tertiary/aromatic N) is 1. The first-order valence-corrected chi connectivity index (χ1v) is 17.9. The Balaban J connectivity index is 1.24. The molecule has 1 aromatic heterocycles. The van der Waals surface area contributed by atoms with Gasteiger partial charge in [-0.05, 0) is 56.5 Å². The van der Waals surface area contributed by atoms with E-state index in [1.165, 1.54) is 18.2 Å².